The molecule has 0 unspecified atom stereocenters. The minimum atomic E-state index is -0.359. The number of carbonyl (C=O) groups is 1. The van der Waals surface area contributed by atoms with E-state index < -0.39 is 0 Å². The molecule has 120 valence electrons. The highest BCUT2D eigenvalue weighted by molar-refractivity contribution is 5.96. The van der Waals surface area contributed by atoms with Crippen molar-refractivity contribution in [3.8, 4) is 11.5 Å². The number of amides is 1. The Morgan fingerprint density at radius 1 is 1.00 bits per heavy atom. The van der Waals surface area contributed by atoms with Gasteiger partial charge in [0.05, 0.1) is 0 Å². The van der Waals surface area contributed by atoms with Gasteiger partial charge < -0.3 is 20.1 Å². The Bertz CT molecular complexity index is 743. The summed E-state index contributed by atoms with van der Waals surface area (Å²) in [6, 6.07) is 11.1. The zero-order chi connectivity index (χ0) is 16.4. The average molecular weight is 312 g/mol. The van der Waals surface area contributed by atoms with Gasteiger partial charge in [-0.2, -0.15) is 0 Å². The fourth-order valence-electron chi connectivity index (χ4n) is 2.37. The lowest BCUT2D eigenvalue weighted by atomic mass is 10.1. The lowest BCUT2D eigenvalue weighted by Gasteiger charge is -2.16. The van der Waals surface area contributed by atoms with Gasteiger partial charge >= 0.3 is 0 Å². The van der Waals surface area contributed by atoms with Crippen LogP contribution in [0.5, 0.6) is 11.5 Å². The van der Waals surface area contributed by atoms with Crippen molar-refractivity contribution in [2.24, 2.45) is 0 Å². The van der Waals surface area contributed by atoms with E-state index in [-0.39, 0.29) is 18.7 Å². The molecule has 5 nitrogen and oxygen atoms in total. The van der Waals surface area contributed by atoms with E-state index >= 15 is 0 Å². The lowest BCUT2D eigenvalue weighted by Crippen LogP contribution is -2.31. The highest BCUT2D eigenvalue weighted by atomic mass is 16.7. The Balaban J connectivity index is 1.64. The summed E-state index contributed by atoms with van der Waals surface area (Å²) in [7, 11) is 0. The lowest BCUT2D eigenvalue weighted by molar-refractivity contribution is -0.116. The first-order chi connectivity index (χ1) is 11.0. The van der Waals surface area contributed by atoms with Gasteiger partial charge in [0.25, 0.3) is 0 Å². The molecule has 1 aliphatic heterocycles. The van der Waals surface area contributed by atoms with Crippen molar-refractivity contribution in [3.05, 3.63) is 47.5 Å². The summed E-state index contributed by atoms with van der Waals surface area (Å²) in [4.78, 5) is 12.3. The molecule has 5 heteroatoms. The third-order valence-corrected chi connectivity index (χ3v) is 3.92. The van der Waals surface area contributed by atoms with E-state index in [1.54, 1.807) is 18.2 Å². The molecule has 1 atom stereocenters. The molecule has 1 aliphatic rings. The Labute approximate surface area is 135 Å². The molecular formula is C18H20N2O3. The molecule has 23 heavy (non-hydrogen) atoms. The van der Waals surface area contributed by atoms with Crippen molar-refractivity contribution in [1.82, 2.24) is 0 Å². The summed E-state index contributed by atoms with van der Waals surface area (Å²) >= 11 is 0. The van der Waals surface area contributed by atoms with Crippen LogP contribution in [0.1, 0.15) is 18.1 Å². The molecular weight excluding hydrogens is 292 g/mol. The van der Waals surface area contributed by atoms with E-state index in [2.05, 4.69) is 24.5 Å². The van der Waals surface area contributed by atoms with Crippen LogP contribution in [0.2, 0.25) is 0 Å². The predicted octanol–water partition coefficient (Wildman–Crippen LogP) is 3.47. The van der Waals surface area contributed by atoms with Gasteiger partial charge in [0.15, 0.2) is 11.5 Å². The van der Waals surface area contributed by atoms with Crippen molar-refractivity contribution in [2.45, 2.75) is 26.8 Å². The van der Waals surface area contributed by atoms with Gasteiger partial charge in [0.2, 0.25) is 12.7 Å². The minimum Gasteiger partial charge on any atom is -0.454 e. The summed E-state index contributed by atoms with van der Waals surface area (Å²) in [6.07, 6.45) is 0. The fourth-order valence-corrected chi connectivity index (χ4v) is 2.37. The molecule has 0 aromatic heterocycles. The largest absolute Gasteiger partial charge is 0.454 e. The third kappa shape index (κ3) is 3.39. The number of hydrogen-bond donors (Lipinski definition) is 2. The Hall–Kier alpha value is -2.69. The quantitative estimate of drug-likeness (QED) is 0.907. The van der Waals surface area contributed by atoms with Crippen LogP contribution in [-0.4, -0.2) is 18.7 Å². The van der Waals surface area contributed by atoms with Crippen molar-refractivity contribution in [1.29, 1.82) is 0 Å². The van der Waals surface area contributed by atoms with Gasteiger partial charge in [-0.25, -0.2) is 0 Å². The summed E-state index contributed by atoms with van der Waals surface area (Å²) in [5, 5.41) is 6.09. The zero-order valence-corrected chi connectivity index (χ0v) is 13.5. The van der Waals surface area contributed by atoms with E-state index in [0.717, 1.165) is 5.69 Å². The number of ether oxygens (including phenoxy) is 2. The van der Waals surface area contributed by atoms with Crippen LogP contribution in [0, 0.1) is 13.8 Å². The first kappa shape index (κ1) is 15.2. The smallest absolute Gasteiger partial charge is 0.246 e. The number of carbonyl (C=O) groups excluding carboxylic acids is 1. The molecule has 2 aromatic rings. The second-order valence-electron chi connectivity index (χ2n) is 5.72. The number of hydrogen-bond acceptors (Lipinski definition) is 4. The Morgan fingerprint density at radius 2 is 1.74 bits per heavy atom. The topological polar surface area (TPSA) is 59.6 Å². The highest BCUT2D eigenvalue weighted by Gasteiger charge is 2.17. The van der Waals surface area contributed by atoms with E-state index in [9.17, 15) is 4.79 Å². The molecule has 0 saturated carbocycles. The maximum absolute atomic E-state index is 12.3. The molecule has 0 fully saturated rings. The van der Waals surface area contributed by atoms with Crippen LogP contribution < -0.4 is 20.1 Å². The van der Waals surface area contributed by atoms with Gasteiger partial charge in [-0.15, -0.1) is 0 Å². The van der Waals surface area contributed by atoms with Gasteiger partial charge in [-0.05, 0) is 56.2 Å². The number of nitrogens with one attached hydrogen (secondary N) is 2. The molecule has 0 aliphatic carbocycles. The number of benzene rings is 2. The average Bonchev–Trinajstić information content (AvgIpc) is 2.98. The van der Waals surface area contributed by atoms with Crippen LogP contribution >= 0.6 is 0 Å². The molecule has 2 aromatic carbocycles. The molecule has 3 rings (SSSR count). The van der Waals surface area contributed by atoms with Gasteiger partial charge in [0.1, 0.15) is 6.04 Å². The van der Waals surface area contributed by atoms with Gasteiger partial charge in [-0.3, -0.25) is 4.79 Å². The van der Waals surface area contributed by atoms with E-state index in [0.29, 0.717) is 17.2 Å². The molecule has 0 bridgehead atoms. The predicted molar refractivity (Wildman–Crippen MR) is 90.2 cm³/mol. The fraction of sp³-hybridized carbons (Fsp3) is 0.278. The van der Waals surface area contributed by atoms with Crippen LogP contribution in [0.4, 0.5) is 11.4 Å². The van der Waals surface area contributed by atoms with Crippen molar-refractivity contribution < 1.29 is 14.3 Å². The van der Waals surface area contributed by atoms with E-state index in [4.69, 9.17) is 9.47 Å². The molecule has 0 saturated heterocycles. The Kier molecular flexibility index (Phi) is 4.10. The van der Waals surface area contributed by atoms with Gasteiger partial charge in [-0.1, -0.05) is 6.07 Å². The molecule has 0 radical (unpaired) electrons. The third-order valence-electron chi connectivity index (χ3n) is 3.92. The maximum Gasteiger partial charge on any atom is 0.246 e. The van der Waals surface area contributed by atoms with Crippen molar-refractivity contribution >= 4 is 17.3 Å². The van der Waals surface area contributed by atoms with Crippen LogP contribution in [0.3, 0.4) is 0 Å². The SMILES string of the molecule is Cc1ccc(N[C@H](C)C(=O)Nc2ccc3c(c2)OCO3)cc1C. The molecule has 1 heterocycles. The number of rotatable bonds is 4. The van der Waals surface area contributed by atoms with Crippen molar-refractivity contribution in [2.75, 3.05) is 17.4 Å². The summed E-state index contributed by atoms with van der Waals surface area (Å²) in [5.41, 5.74) is 4.04. The number of aryl methyl sites for hydroxylation is 2. The maximum atomic E-state index is 12.3. The summed E-state index contributed by atoms with van der Waals surface area (Å²) < 4.78 is 10.6. The standard InChI is InChI=1S/C18H20N2O3/c1-11-4-5-14(8-12(11)2)19-13(3)18(21)20-15-6-7-16-17(9-15)23-10-22-16/h4-9,13,19H,10H2,1-3H3,(H,20,21)/t13-/m1/s1. The van der Waals surface area contributed by atoms with Crippen molar-refractivity contribution in [3.63, 3.8) is 0 Å². The van der Waals surface area contributed by atoms with Crippen LogP contribution in [0.15, 0.2) is 36.4 Å². The van der Waals surface area contributed by atoms with Crippen LogP contribution in [0.25, 0.3) is 0 Å². The van der Waals surface area contributed by atoms with Crippen LogP contribution in [-0.2, 0) is 4.79 Å². The summed E-state index contributed by atoms with van der Waals surface area (Å²) in [6.45, 7) is 6.17. The highest BCUT2D eigenvalue weighted by Crippen LogP contribution is 2.34. The van der Waals surface area contributed by atoms with E-state index in [1.807, 2.05) is 25.1 Å². The van der Waals surface area contributed by atoms with E-state index in [1.165, 1.54) is 11.1 Å². The first-order valence-electron chi connectivity index (χ1n) is 7.57. The number of anilines is 2. The number of fused-ring (bicyclic) bond motifs is 1. The zero-order valence-electron chi connectivity index (χ0n) is 13.5. The molecule has 0 spiro atoms. The molecule has 1 amide bonds. The molecule has 2 N–H and O–H groups in total. The second-order valence-corrected chi connectivity index (χ2v) is 5.72. The second kappa shape index (κ2) is 6.20. The monoisotopic (exact) mass is 312 g/mol. The van der Waals surface area contributed by atoms with Gasteiger partial charge in [0, 0.05) is 17.4 Å². The normalized spacial score (nSPS) is 13.5. The first-order valence-corrected chi connectivity index (χ1v) is 7.57. The minimum absolute atomic E-state index is 0.109. The Morgan fingerprint density at radius 3 is 2.52 bits per heavy atom. The summed E-state index contributed by atoms with van der Waals surface area (Å²) in [5.74, 6) is 1.24.